The van der Waals surface area contributed by atoms with Gasteiger partial charge >= 0.3 is 11.7 Å². The third-order valence-electron chi connectivity index (χ3n) is 3.99. The quantitative estimate of drug-likeness (QED) is 0.181. The van der Waals surface area contributed by atoms with Crippen molar-refractivity contribution in [1.29, 1.82) is 0 Å². The number of rotatable bonds is 8. The van der Waals surface area contributed by atoms with Gasteiger partial charge in [-0.2, -0.15) is 5.10 Å². The Balaban J connectivity index is 1.48. The highest BCUT2D eigenvalue weighted by Crippen LogP contribution is 2.25. The van der Waals surface area contributed by atoms with Gasteiger partial charge in [0, 0.05) is 11.1 Å². The molecule has 0 unspecified atom stereocenters. The van der Waals surface area contributed by atoms with Crippen molar-refractivity contribution in [3.63, 3.8) is 0 Å². The zero-order valence-corrected chi connectivity index (χ0v) is 17.2. The van der Waals surface area contributed by atoms with Crippen LogP contribution in [0.2, 0.25) is 5.02 Å². The molecule has 0 radical (unpaired) electrons. The van der Waals surface area contributed by atoms with Gasteiger partial charge in [0.2, 0.25) is 0 Å². The molecule has 1 amide bonds. The van der Waals surface area contributed by atoms with Crippen LogP contribution in [0.1, 0.15) is 15.9 Å². The van der Waals surface area contributed by atoms with E-state index in [9.17, 15) is 19.7 Å². The first-order valence-electron chi connectivity index (χ1n) is 9.18. The molecule has 0 fully saturated rings. The molecule has 9 nitrogen and oxygen atoms in total. The number of benzene rings is 3. The highest BCUT2D eigenvalue weighted by molar-refractivity contribution is 6.30. The molecular formula is C22H16ClN3O6. The number of ether oxygens (including phenoxy) is 2. The predicted octanol–water partition coefficient (Wildman–Crippen LogP) is 4.00. The SMILES string of the molecule is O=C(COc1ccccc1[N+](=O)[O-])N/N=C/c1ccc(OC(=O)c2ccc(Cl)cc2)cc1. The molecule has 3 aromatic rings. The van der Waals surface area contributed by atoms with E-state index in [0.29, 0.717) is 21.9 Å². The topological polar surface area (TPSA) is 120 Å². The minimum Gasteiger partial charge on any atom is -0.477 e. The van der Waals surface area contributed by atoms with E-state index in [2.05, 4.69) is 10.5 Å². The molecule has 0 aliphatic rings. The van der Waals surface area contributed by atoms with Crippen LogP contribution in [0.5, 0.6) is 11.5 Å². The number of nitro groups is 1. The summed E-state index contributed by atoms with van der Waals surface area (Å²) in [6, 6.07) is 18.5. The number of nitro benzene ring substituents is 1. The number of hydrogen-bond acceptors (Lipinski definition) is 7. The summed E-state index contributed by atoms with van der Waals surface area (Å²) in [4.78, 5) is 34.3. The van der Waals surface area contributed by atoms with Crippen LogP contribution in [-0.4, -0.2) is 29.6 Å². The largest absolute Gasteiger partial charge is 0.477 e. The predicted molar refractivity (Wildman–Crippen MR) is 117 cm³/mol. The van der Waals surface area contributed by atoms with Crippen LogP contribution in [0.3, 0.4) is 0 Å². The average Bonchev–Trinajstić information content (AvgIpc) is 2.79. The van der Waals surface area contributed by atoms with Crippen molar-refractivity contribution >= 4 is 35.4 Å². The van der Waals surface area contributed by atoms with Crippen LogP contribution >= 0.6 is 11.6 Å². The van der Waals surface area contributed by atoms with E-state index in [1.165, 1.54) is 24.4 Å². The maximum Gasteiger partial charge on any atom is 0.343 e. The Kier molecular flexibility index (Phi) is 7.50. The number of esters is 1. The lowest BCUT2D eigenvalue weighted by molar-refractivity contribution is -0.385. The summed E-state index contributed by atoms with van der Waals surface area (Å²) in [5.74, 6) is -0.786. The van der Waals surface area contributed by atoms with E-state index in [0.717, 1.165) is 0 Å². The molecule has 0 saturated carbocycles. The van der Waals surface area contributed by atoms with Crippen molar-refractivity contribution in [1.82, 2.24) is 5.43 Å². The molecule has 0 spiro atoms. The summed E-state index contributed by atoms with van der Waals surface area (Å²) in [6.45, 7) is -0.443. The van der Waals surface area contributed by atoms with Gasteiger partial charge in [-0.25, -0.2) is 10.2 Å². The van der Waals surface area contributed by atoms with Crippen molar-refractivity contribution in [2.45, 2.75) is 0 Å². The van der Waals surface area contributed by atoms with Gasteiger partial charge in [0.15, 0.2) is 12.4 Å². The smallest absolute Gasteiger partial charge is 0.343 e. The first kappa shape index (κ1) is 22.4. The summed E-state index contributed by atoms with van der Waals surface area (Å²) in [6.07, 6.45) is 1.38. The van der Waals surface area contributed by atoms with Gasteiger partial charge < -0.3 is 9.47 Å². The summed E-state index contributed by atoms with van der Waals surface area (Å²) < 4.78 is 10.5. The minimum atomic E-state index is -0.595. The van der Waals surface area contributed by atoms with E-state index in [1.54, 1.807) is 54.6 Å². The van der Waals surface area contributed by atoms with E-state index in [-0.39, 0.29) is 11.4 Å². The highest BCUT2D eigenvalue weighted by Gasteiger charge is 2.14. The molecule has 10 heteroatoms. The molecule has 0 aliphatic carbocycles. The van der Waals surface area contributed by atoms with E-state index in [1.807, 2.05) is 0 Å². The van der Waals surface area contributed by atoms with E-state index < -0.39 is 23.4 Å². The lowest BCUT2D eigenvalue weighted by Crippen LogP contribution is -2.24. The van der Waals surface area contributed by atoms with Gasteiger partial charge in [-0.15, -0.1) is 0 Å². The third-order valence-corrected chi connectivity index (χ3v) is 4.25. The normalized spacial score (nSPS) is 10.5. The Morgan fingerprint density at radius 3 is 2.41 bits per heavy atom. The number of nitrogens with one attached hydrogen (secondary N) is 1. The Morgan fingerprint density at radius 2 is 1.72 bits per heavy atom. The summed E-state index contributed by atoms with van der Waals surface area (Å²) >= 11 is 5.80. The number of carbonyl (C=O) groups is 2. The monoisotopic (exact) mass is 453 g/mol. The van der Waals surface area contributed by atoms with Crippen LogP contribution < -0.4 is 14.9 Å². The highest BCUT2D eigenvalue weighted by atomic mass is 35.5. The number of hydrogen-bond donors (Lipinski definition) is 1. The Morgan fingerprint density at radius 1 is 1.03 bits per heavy atom. The van der Waals surface area contributed by atoms with Gasteiger partial charge in [-0.05, 0) is 60.2 Å². The first-order chi connectivity index (χ1) is 15.4. The molecule has 162 valence electrons. The lowest BCUT2D eigenvalue weighted by Gasteiger charge is -2.05. The molecular weight excluding hydrogens is 438 g/mol. The van der Waals surface area contributed by atoms with Crippen LogP contribution in [0.4, 0.5) is 5.69 Å². The number of halogens is 1. The van der Waals surface area contributed by atoms with Crippen molar-refractivity contribution in [3.8, 4) is 11.5 Å². The van der Waals surface area contributed by atoms with Gasteiger partial charge in [-0.1, -0.05) is 23.7 Å². The van der Waals surface area contributed by atoms with Gasteiger partial charge in [-0.3, -0.25) is 14.9 Å². The molecule has 0 heterocycles. The second-order valence-electron chi connectivity index (χ2n) is 6.27. The van der Waals surface area contributed by atoms with Crippen LogP contribution in [0.15, 0.2) is 77.9 Å². The second-order valence-corrected chi connectivity index (χ2v) is 6.71. The molecule has 32 heavy (non-hydrogen) atoms. The molecule has 0 aromatic heterocycles. The average molecular weight is 454 g/mol. The molecule has 3 rings (SSSR count). The van der Waals surface area contributed by atoms with Gasteiger partial charge in [0.25, 0.3) is 5.91 Å². The van der Waals surface area contributed by atoms with Crippen molar-refractivity contribution in [2.24, 2.45) is 5.10 Å². The third kappa shape index (κ3) is 6.38. The molecule has 0 aliphatic heterocycles. The van der Waals surface area contributed by atoms with Crippen LogP contribution in [-0.2, 0) is 4.79 Å². The van der Waals surface area contributed by atoms with Gasteiger partial charge in [0.1, 0.15) is 5.75 Å². The van der Waals surface area contributed by atoms with Crippen molar-refractivity contribution < 1.29 is 24.0 Å². The van der Waals surface area contributed by atoms with E-state index >= 15 is 0 Å². The fraction of sp³-hybridized carbons (Fsp3) is 0.0455. The number of nitrogens with zero attached hydrogens (tertiary/aromatic N) is 2. The zero-order valence-electron chi connectivity index (χ0n) is 16.4. The fourth-order valence-electron chi connectivity index (χ4n) is 2.46. The molecule has 0 saturated heterocycles. The number of amides is 1. The Bertz CT molecular complexity index is 1150. The maximum absolute atomic E-state index is 12.1. The molecule has 0 atom stereocenters. The standard InChI is InChI=1S/C22H16ClN3O6/c23-17-9-7-16(8-10-17)22(28)32-18-11-5-15(6-12-18)13-24-25-21(27)14-31-20-4-2-1-3-19(20)26(29)30/h1-13H,14H2,(H,25,27)/b24-13+. The van der Waals surface area contributed by atoms with Crippen molar-refractivity contribution in [3.05, 3.63) is 99.1 Å². The molecule has 3 aromatic carbocycles. The number of hydrazone groups is 1. The summed E-state index contributed by atoms with van der Waals surface area (Å²) in [7, 11) is 0. The summed E-state index contributed by atoms with van der Waals surface area (Å²) in [5, 5.41) is 15.2. The second kappa shape index (κ2) is 10.7. The Hall–Kier alpha value is -4.24. The minimum absolute atomic E-state index is 0.0136. The maximum atomic E-state index is 12.1. The number of carbonyl (C=O) groups excluding carboxylic acids is 2. The number of para-hydroxylation sites is 2. The molecule has 1 N–H and O–H groups in total. The molecule has 0 bridgehead atoms. The van der Waals surface area contributed by atoms with Crippen molar-refractivity contribution in [2.75, 3.05) is 6.61 Å². The summed E-state index contributed by atoms with van der Waals surface area (Å²) in [5.41, 5.74) is 3.03. The van der Waals surface area contributed by atoms with E-state index in [4.69, 9.17) is 21.1 Å². The zero-order chi connectivity index (χ0) is 22.9. The fourth-order valence-corrected chi connectivity index (χ4v) is 2.58. The lowest BCUT2D eigenvalue weighted by atomic mass is 10.2. The van der Waals surface area contributed by atoms with Crippen LogP contribution in [0, 0.1) is 10.1 Å². The van der Waals surface area contributed by atoms with Crippen LogP contribution in [0.25, 0.3) is 0 Å². The Labute approximate surface area is 187 Å². The van der Waals surface area contributed by atoms with Gasteiger partial charge in [0.05, 0.1) is 16.7 Å². The first-order valence-corrected chi connectivity index (χ1v) is 9.56.